The lowest BCUT2D eigenvalue weighted by atomic mass is 10.0. The van der Waals surface area contributed by atoms with E-state index >= 15 is 4.39 Å². The highest BCUT2D eigenvalue weighted by atomic mass is 35.5. The molecule has 0 aromatic heterocycles. The van der Waals surface area contributed by atoms with E-state index in [4.69, 9.17) is 23.2 Å². The number of hydrogen-bond acceptors (Lipinski definition) is 4. The van der Waals surface area contributed by atoms with Crippen LogP contribution in [-0.4, -0.2) is 44.3 Å². The SMILES string of the molecule is CC(C)CNC(=O)[C@H](Cc1ccccc1)N(Cc1ccccc1F)C(=O)CN(c1ccc(Cl)cc1Cl)S(=O)(=O)c1ccccc1. The molecule has 45 heavy (non-hydrogen) atoms. The molecule has 0 aliphatic rings. The van der Waals surface area contributed by atoms with Gasteiger partial charge in [0.15, 0.2) is 0 Å². The zero-order chi connectivity index (χ0) is 32.6. The molecule has 0 fully saturated rings. The van der Waals surface area contributed by atoms with Crippen LogP contribution in [0, 0.1) is 11.7 Å². The lowest BCUT2D eigenvalue weighted by Crippen LogP contribution is -2.53. The molecule has 236 valence electrons. The number of anilines is 1. The summed E-state index contributed by atoms with van der Waals surface area (Å²) in [5, 5.41) is 3.18. The van der Waals surface area contributed by atoms with Crippen molar-refractivity contribution in [3.63, 3.8) is 0 Å². The Kier molecular flexibility index (Phi) is 11.6. The second-order valence-corrected chi connectivity index (χ2v) is 13.6. The lowest BCUT2D eigenvalue weighted by Gasteiger charge is -2.34. The summed E-state index contributed by atoms with van der Waals surface area (Å²) in [7, 11) is -4.34. The van der Waals surface area contributed by atoms with Gasteiger partial charge in [0.2, 0.25) is 11.8 Å². The highest BCUT2D eigenvalue weighted by molar-refractivity contribution is 7.92. The predicted molar refractivity (Wildman–Crippen MR) is 176 cm³/mol. The van der Waals surface area contributed by atoms with Crippen molar-refractivity contribution in [2.24, 2.45) is 5.92 Å². The van der Waals surface area contributed by atoms with Crippen LogP contribution in [0.5, 0.6) is 0 Å². The van der Waals surface area contributed by atoms with Crippen molar-refractivity contribution in [3.05, 3.63) is 130 Å². The van der Waals surface area contributed by atoms with Crippen molar-refractivity contribution < 1.29 is 22.4 Å². The molecule has 0 unspecified atom stereocenters. The molecule has 4 rings (SSSR count). The molecule has 2 amide bonds. The summed E-state index contributed by atoms with van der Waals surface area (Å²) in [6.45, 7) is 3.22. The minimum Gasteiger partial charge on any atom is -0.354 e. The predicted octanol–water partition coefficient (Wildman–Crippen LogP) is 6.74. The average molecular weight is 671 g/mol. The van der Waals surface area contributed by atoms with E-state index in [2.05, 4.69) is 5.32 Å². The molecule has 1 atom stereocenters. The van der Waals surface area contributed by atoms with Crippen LogP contribution >= 0.6 is 23.2 Å². The summed E-state index contributed by atoms with van der Waals surface area (Å²) in [6.07, 6.45) is 0.109. The van der Waals surface area contributed by atoms with Gasteiger partial charge in [-0.15, -0.1) is 0 Å². The molecule has 0 bridgehead atoms. The van der Waals surface area contributed by atoms with Crippen LogP contribution in [0.25, 0.3) is 0 Å². The van der Waals surface area contributed by atoms with Crippen LogP contribution < -0.4 is 9.62 Å². The van der Waals surface area contributed by atoms with Gasteiger partial charge < -0.3 is 10.2 Å². The molecule has 1 N–H and O–H groups in total. The minimum atomic E-state index is -4.34. The zero-order valence-corrected chi connectivity index (χ0v) is 27.2. The number of hydrogen-bond donors (Lipinski definition) is 1. The molecule has 0 aliphatic carbocycles. The molecule has 0 saturated heterocycles. The monoisotopic (exact) mass is 669 g/mol. The van der Waals surface area contributed by atoms with E-state index in [0.717, 1.165) is 9.87 Å². The smallest absolute Gasteiger partial charge is 0.264 e. The normalized spacial score (nSPS) is 12.0. The van der Waals surface area contributed by atoms with Gasteiger partial charge in [0.25, 0.3) is 10.0 Å². The lowest BCUT2D eigenvalue weighted by molar-refractivity contribution is -0.140. The first-order valence-electron chi connectivity index (χ1n) is 14.3. The van der Waals surface area contributed by atoms with E-state index in [-0.39, 0.29) is 45.1 Å². The standard InChI is InChI=1S/C34H34Cl2FN3O4S/c1-24(2)21-38-34(42)32(19-25-11-5-3-6-12-25)39(22-26-13-9-10-16-30(26)37)33(41)23-40(31-18-17-27(35)20-29(31)36)45(43,44)28-14-7-4-8-15-28/h3-18,20,24,32H,19,21-23H2,1-2H3,(H,38,42)/t32-/m0/s1. The third-order valence-corrected chi connectivity index (χ3v) is 9.35. The average Bonchev–Trinajstić information content (AvgIpc) is 3.02. The molecule has 0 spiro atoms. The van der Waals surface area contributed by atoms with E-state index in [0.29, 0.717) is 6.54 Å². The first-order valence-corrected chi connectivity index (χ1v) is 16.5. The second kappa shape index (κ2) is 15.4. The molecule has 7 nitrogen and oxygen atoms in total. The number of halogens is 3. The Morgan fingerprint density at radius 2 is 1.49 bits per heavy atom. The van der Waals surface area contributed by atoms with E-state index in [9.17, 15) is 18.0 Å². The van der Waals surface area contributed by atoms with Gasteiger partial charge in [0, 0.05) is 30.1 Å². The Labute approximate surface area is 273 Å². The number of benzene rings is 4. The number of nitrogens with one attached hydrogen (secondary N) is 1. The zero-order valence-electron chi connectivity index (χ0n) is 24.9. The first-order chi connectivity index (χ1) is 21.5. The molecule has 4 aromatic carbocycles. The molecule has 11 heteroatoms. The molecule has 0 aliphatic heterocycles. The van der Waals surface area contributed by atoms with Crippen molar-refractivity contribution in [1.82, 2.24) is 10.2 Å². The van der Waals surface area contributed by atoms with E-state index in [1.54, 1.807) is 24.3 Å². The third-order valence-electron chi connectivity index (χ3n) is 7.04. The van der Waals surface area contributed by atoms with Crippen LogP contribution in [0.2, 0.25) is 10.0 Å². The van der Waals surface area contributed by atoms with Crippen LogP contribution in [0.3, 0.4) is 0 Å². The molecule has 0 heterocycles. The molecular weight excluding hydrogens is 636 g/mol. The van der Waals surface area contributed by atoms with Crippen LogP contribution in [0.4, 0.5) is 10.1 Å². The fraction of sp³-hybridized carbons (Fsp3) is 0.235. The van der Waals surface area contributed by atoms with Gasteiger partial charge in [0.1, 0.15) is 18.4 Å². The van der Waals surface area contributed by atoms with Gasteiger partial charge >= 0.3 is 0 Å². The van der Waals surface area contributed by atoms with Crippen LogP contribution in [0.1, 0.15) is 25.0 Å². The Hall–Kier alpha value is -3.92. The highest BCUT2D eigenvalue weighted by Crippen LogP contribution is 2.33. The molecule has 0 saturated carbocycles. The van der Waals surface area contributed by atoms with Gasteiger partial charge in [-0.25, -0.2) is 12.8 Å². The summed E-state index contributed by atoms with van der Waals surface area (Å²) >= 11 is 12.6. The van der Waals surface area contributed by atoms with Crippen molar-refractivity contribution >= 4 is 50.7 Å². The third kappa shape index (κ3) is 8.84. The summed E-state index contributed by atoms with van der Waals surface area (Å²) in [4.78, 5) is 29.4. The van der Waals surface area contributed by atoms with Crippen molar-refractivity contribution in [3.8, 4) is 0 Å². The van der Waals surface area contributed by atoms with Crippen molar-refractivity contribution in [2.45, 2.75) is 37.8 Å². The molecular formula is C34H34Cl2FN3O4S. The summed E-state index contributed by atoms with van der Waals surface area (Å²) in [6, 6.07) is 25.9. The topological polar surface area (TPSA) is 86.8 Å². The van der Waals surface area contributed by atoms with Gasteiger partial charge in [-0.1, -0.05) is 104 Å². The first kappa shape index (κ1) is 34.0. The van der Waals surface area contributed by atoms with E-state index < -0.39 is 40.2 Å². The van der Waals surface area contributed by atoms with Gasteiger partial charge in [-0.05, 0) is 47.9 Å². The minimum absolute atomic E-state index is 0.00553. The van der Waals surface area contributed by atoms with Crippen molar-refractivity contribution in [1.29, 1.82) is 0 Å². The van der Waals surface area contributed by atoms with Crippen LogP contribution in [-0.2, 0) is 32.6 Å². The maximum absolute atomic E-state index is 15.0. The summed E-state index contributed by atoms with van der Waals surface area (Å²) in [5.74, 6) is -1.62. The number of rotatable bonds is 13. The largest absolute Gasteiger partial charge is 0.354 e. The Morgan fingerprint density at radius 1 is 0.867 bits per heavy atom. The number of carbonyl (C=O) groups is 2. The quantitative estimate of drug-likeness (QED) is 0.171. The Balaban J connectivity index is 1.82. The van der Waals surface area contributed by atoms with Crippen molar-refractivity contribution in [2.75, 3.05) is 17.4 Å². The van der Waals surface area contributed by atoms with Gasteiger partial charge in [-0.2, -0.15) is 0 Å². The van der Waals surface area contributed by atoms with E-state index in [1.807, 2.05) is 44.2 Å². The summed E-state index contributed by atoms with van der Waals surface area (Å²) in [5.41, 5.74) is 0.957. The van der Waals surface area contributed by atoms with Gasteiger partial charge in [-0.3, -0.25) is 13.9 Å². The fourth-order valence-electron chi connectivity index (χ4n) is 4.70. The molecule has 0 radical (unpaired) electrons. The highest BCUT2D eigenvalue weighted by Gasteiger charge is 2.35. The maximum Gasteiger partial charge on any atom is 0.264 e. The number of nitrogens with zero attached hydrogens (tertiary/aromatic N) is 2. The number of carbonyl (C=O) groups excluding carboxylic acids is 2. The van der Waals surface area contributed by atoms with Crippen LogP contribution in [0.15, 0.2) is 108 Å². The fourth-order valence-corrected chi connectivity index (χ4v) is 6.72. The Morgan fingerprint density at radius 3 is 2.11 bits per heavy atom. The van der Waals surface area contributed by atoms with E-state index in [1.165, 1.54) is 53.4 Å². The maximum atomic E-state index is 15.0. The summed E-state index contributed by atoms with van der Waals surface area (Å²) < 4.78 is 44.0. The number of sulfonamides is 1. The van der Waals surface area contributed by atoms with Gasteiger partial charge in [0.05, 0.1) is 15.6 Å². The molecule has 4 aromatic rings. The second-order valence-electron chi connectivity index (χ2n) is 10.9. The Bertz CT molecular complexity index is 1720. The number of amides is 2.